The number of rotatable bonds is 7. The van der Waals surface area contributed by atoms with Crippen molar-refractivity contribution in [3.63, 3.8) is 0 Å². The molecule has 0 bridgehead atoms. The lowest BCUT2D eigenvalue weighted by Gasteiger charge is -2.09. The third-order valence-electron chi connectivity index (χ3n) is 2.95. The molecular formula is C14H20N2O4. The lowest BCUT2D eigenvalue weighted by Crippen LogP contribution is -2.27. The number of carbonyl (C=O) groups excluding carboxylic acids is 1. The van der Waals surface area contributed by atoms with Crippen molar-refractivity contribution in [1.29, 1.82) is 0 Å². The molecule has 0 aromatic heterocycles. The molecule has 6 nitrogen and oxygen atoms in total. The van der Waals surface area contributed by atoms with E-state index < -0.39 is 0 Å². The van der Waals surface area contributed by atoms with Crippen LogP contribution in [0.4, 0.5) is 0 Å². The average molecular weight is 280 g/mol. The van der Waals surface area contributed by atoms with Crippen LogP contribution in [0, 0.1) is 0 Å². The lowest BCUT2D eigenvalue weighted by molar-refractivity contribution is -0.120. The second kappa shape index (κ2) is 7.00. The van der Waals surface area contributed by atoms with Crippen molar-refractivity contribution in [2.24, 2.45) is 0 Å². The van der Waals surface area contributed by atoms with E-state index in [0.717, 1.165) is 5.56 Å². The summed E-state index contributed by atoms with van der Waals surface area (Å²) in [6.45, 7) is 4.07. The molecule has 0 aliphatic carbocycles. The zero-order valence-corrected chi connectivity index (χ0v) is 11.8. The third kappa shape index (κ3) is 3.54. The van der Waals surface area contributed by atoms with Gasteiger partial charge in [0.1, 0.15) is 0 Å². The number of benzene rings is 1. The molecule has 1 aliphatic heterocycles. The fraction of sp³-hybridized carbons (Fsp3) is 0.500. The summed E-state index contributed by atoms with van der Waals surface area (Å²) in [4.78, 5) is 11.3. The van der Waals surface area contributed by atoms with Crippen LogP contribution in [-0.4, -0.2) is 32.9 Å². The zero-order chi connectivity index (χ0) is 14.4. The molecule has 1 aromatic rings. The smallest absolute Gasteiger partial charge is 0.231 e. The van der Waals surface area contributed by atoms with Crippen molar-refractivity contribution < 1.29 is 19.0 Å². The molecule has 0 spiro atoms. The fourth-order valence-electron chi connectivity index (χ4n) is 2.01. The van der Waals surface area contributed by atoms with Crippen LogP contribution in [0.5, 0.6) is 17.2 Å². The maximum absolute atomic E-state index is 11.3. The Balaban J connectivity index is 1.86. The molecule has 0 unspecified atom stereocenters. The SMILES string of the molecule is CCNC(=O)CCNCc1cc(OC)c2c(c1)OCO2. The van der Waals surface area contributed by atoms with E-state index in [1.54, 1.807) is 7.11 Å². The fourth-order valence-corrected chi connectivity index (χ4v) is 2.01. The maximum Gasteiger partial charge on any atom is 0.231 e. The van der Waals surface area contributed by atoms with Crippen molar-refractivity contribution in [3.05, 3.63) is 17.7 Å². The minimum absolute atomic E-state index is 0.0586. The van der Waals surface area contributed by atoms with E-state index in [-0.39, 0.29) is 12.7 Å². The molecule has 1 heterocycles. The van der Waals surface area contributed by atoms with Gasteiger partial charge in [0.2, 0.25) is 18.4 Å². The summed E-state index contributed by atoms with van der Waals surface area (Å²) in [5.74, 6) is 2.08. The van der Waals surface area contributed by atoms with Gasteiger partial charge >= 0.3 is 0 Å². The largest absolute Gasteiger partial charge is 0.493 e. The highest BCUT2D eigenvalue weighted by atomic mass is 16.7. The number of hydrogen-bond acceptors (Lipinski definition) is 5. The second-order valence-electron chi connectivity index (χ2n) is 4.41. The molecule has 0 radical (unpaired) electrons. The molecule has 20 heavy (non-hydrogen) atoms. The van der Waals surface area contributed by atoms with E-state index in [2.05, 4.69) is 10.6 Å². The van der Waals surface area contributed by atoms with Crippen LogP contribution in [0.3, 0.4) is 0 Å². The number of hydrogen-bond donors (Lipinski definition) is 2. The van der Waals surface area contributed by atoms with E-state index in [0.29, 0.717) is 43.3 Å². The van der Waals surface area contributed by atoms with Crippen LogP contribution in [-0.2, 0) is 11.3 Å². The van der Waals surface area contributed by atoms with Crippen LogP contribution in [0.1, 0.15) is 18.9 Å². The minimum Gasteiger partial charge on any atom is -0.493 e. The molecule has 0 saturated carbocycles. The van der Waals surface area contributed by atoms with Gasteiger partial charge in [-0.2, -0.15) is 0 Å². The molecule has 2 N–H and O–H groups in total. The van der Waals surface area contributed by atoms with Crippen molar-refractivity contribution in [2.75, 3.05) is 27.0 Å². The molecule has 1 amide bonds. The van der Waals surface area contributed by atoms with Crippen molar-refractivity contribution in [3.8, 4) is 17.2 Å². The third-order valence-corrected chi connectivity index (χ3v) is 2.95. The highest BCUT2D eigenvalue weighted by molar-refractivity contribution is 5.75. The molecule has 1 aliphatic rings. The van der Waals surface area contributed by atoms with Crippen LogP contribution >= 0.6 is 0 Å². The Morgan fingerprint density at radius 2 is 2.25 bits per heavy atom. The van der Waals surface area contributed by atoms with Gasteiger partial charge < -0.3 is 24.8 Å². The van der Waals surface area contributed by atoms with Gasteiger partial charge in [0, 0.05) is 26.1 Å². The number of ether oxygens (including phenoxy) is 3. The average Bonchev–Trinajstić information content (AvgIpc) is 2.91. The molecular weight excluding hydrogens is 260 g/mol. The van der Waals surface area contributed by atoms with E-state index in [9.17, 15) is 4.79 Å². The summed E-state index contributed by atoms with van der Waals surface area (Å²) in [5, 5.41) is 5.98. The Bertz CT molecular complexity index is 476. The first-order valence-corrected chi connectivity index (χ1v) is 6.68. The van der Waals surface area contributed by atoms with E-state index in [1.807, 2.05) is 19.1 Å². The van der Waals surface area contributed by atoms with E-state index >= 15 is 0 Å². The maximum atomic E-state index is 11.3. The Hall–Kier alpha value is -1.95. The van der Waals surface area contributed by atoms with Crippen LogP contribution in [0.15, 0.2) is 12.1 Å². The summed E-state index contributed by atoms with van der Waals surface area (Å²) in [6, 6.07) is 3.83. The van der Waals surface area contributed by atoms with Gasteiger partial charge in [-0.25, -0.2) is 0 Å². The standard InChI is InChI=1S/C14H20N2O4/c1-3-16-13(17)4-5-15-8-10-6-11(18-2)14-12(7-10)19-9-20-14/h6-7,15H,3-5,8-9H2,1-2H3,(H,16,17). The first-order chi connectivity index (χ1) is 9.74. The first kappa shape index (κ1) is 14.5. The predicted molar refractivity (Wildman–Crippen MR) is 74.1 cm³/mol. The monoisotopic (exact) mass is 280 g/mol. The van der Waals surface area contributed by atoms with Gasteiger partial charge in [0.05, 0.1) is 7.11 Å². The Kier molecular flexibility index (Phi) is 5.06. The van der Waals surface area contributed by atoms with Gasteiger partial charge in [-0.15, -0.1) is 0 Å². The topological polar surface area (TPSA) is 68.8 Å². The lowest BCUT2D eigenvalue weighted by atomic mass is 10.2. The van der Waals surface area contributed by atoms with Gasteiger partial charge in [-0.3, -0.25) is 4.79 Å². The Labute approximate surface area is 118 Å². The van der Waals surface area contributed by atoms with Crippen LogP contribution in [0.2, 0.25) is 0 Å². The quantitative estimate of drug-likeness (QED) is 0.730. The summed E-state index contributed by atoms with van der Waals surface area (Å²) in [5.41, 5.74) is 1.03. The first-order valence-electron chi connectivity index (χ1n) is 6.68. The molecule has 0 fully saturated rings. The Morgan fingerprint density at radius 1 is 1.40 bits per heavy atom. The highest BCUT2D eigenvalue weighted by Gasteiger charge is 2.19. The predicted octanol–water partition coefficient (Wildman–Crippen LogP) is 1.04. The van der Waals surface area contributed by atoms with Gasteiger partial charge in [0.15, 0.2) is 11.5 Å². The van der Waals surface area contributed by atoms with Crippen LogP contribution in [0.25, 0.3) is 0 Å². The summed E-state index contributed by atoms with van der Waals surface area (Å²) in [7, 11) is 1.60. The summed E-state index contributed by atoms with van der Waals surface area (Å²) < 4.78 is 16.0. The van der Waals surface area contributed by atoms with E-state index in [1.165, 1.54) is 0 Å². The normalized spacial score (nSPS) is 12.3. The van der Waals surface area contributed by atoms with Crippen molar-refractivity contribution in [1.82, 2.24) is 10.6 Å². The van der Waals surface area contributed by atoms with Crippen LogP contribution < -0.4 is 24.8 Å². The highest BCUT2D eigenvalue weighted by Crippen LogP contribution is 2.41. The minimum atomic E-state index is 0.0586. The number of fused-ring (bicyclic) bond motifs is 1. The summed E-state index contributed by atoms with van der Waals surface area (Å²) >= 11 is 0. The number of carbonyl (C=O) groups is 1. The molecule has 110 valence electrons. The summed E-state index contributed by atoms with van der Waals surface area (Å²) in [6.07, 6.45) is 0.468. The number of amides is 1. The van der Waals surface area contributed by atoms with Crippen molar-refractivity contribution >= 4 is 5.91 Å². The molecule has 2 rings (SSSR count). The molecule has 6 heteroatoms. The van der Waals surface area contributed by atoms with E-state index in [4.69, 9.17) is 14.2 Å². The molecule has 1 aromatic carbocycles. The van der Waals surface area contributed by atoms with Gasteiger partial charge in [-0.05, 0) is 24.6 Å². The van der Waals surface area contributed by atoms with Gasteiger partial charge in [0.25, 0.3) is 0 Å². The van der Waals surface area contributed by atoms with Gasteiger partial charge in [-0.1, -0.05) is 0 Å². The number of methoxy groups -OCH3 is 1. The number of nitrogens with one attached hydrogen (secondary N) is 2. The Morgan fingerprint density at radius 3 is 3.00 bits per heavy atom. The van der Waals surface area contributed by atoms with Crippen molar-refractivity contribution in [2.45, 2.75) is 19.9 Å². The molecule has 0 saturated heterocycles. The molecule has 0 atom stereocenters. The second-order valence-corrected chi connectivity index (χ2v) is 4.41. The zero-order valence-electron chi connectivity index (χ0n) is 11.8.